The van der Waals surface area contributed by atoms with E-state index < -0.39 is 14.2 Å². The van der Waals surface area contributed by atoms with Gasteiger partial charge in [-0.15, -0.1) is 0 Å². The molecule has 0 aliphatic rings. The Balaban J connectivity index is 0.000000198. The second-order valence-corrected chi connectivity index (χ2v) is 5.02. The highest BCUT2D eigenvalue weighted by Gasteiger charge is 2.09. The summed E-state index contributed by atoms with van der Waals surface area (Å²) >= 11 is 0. The van der Waals surface area contributed by atoms with Gasteiger partial charge in [0.15, 0.2) is 0 Å². The molecule has 0 fully saturated rings. The zero-order valence-electron chi connectivity index (χ0n) is 12.9. The summed E-state index contributed by atoms with van der Waals surface area (Å²) in [6.07, 6.45) is 3.45. The van der Waals surface area contributed by atoms with Crippen molar-refractivity contribution in [2.45, 2.75) is 0 Å². The van der Waals surface area contributed by atoms with Gasteiger partial charge in [-0.2, -0.15) is 0 Å². The van der Waals surface area contributed by atoms with Gasteiger partial charge in [-0.25, -0.2) is 0 Å². The quantitative estimate of drug-likeness (QED) is 0.501. The van der Waals surface area contributed by atoms with Crippen molar-refractivity contribution in [3.63, 3.8) is 0 Å². The molecule has 7 heteroatoms. The van der Waals surface area contributed by atoms with Crippen molar-refractivity contribution in [2.75, 3.05) is 0 Å². The third kappa shape index (κ3) is 5.33. The highest BCUT2D eigenvalue weighted by Crippen LogP contribution is 2.16. The van der Waals surface area contributed by atoms with E-state index >= 15 is 0 Å². The standard InChI is InChI=1S/C11H10BNO2.C6H7BO2/c14-12(15)11-3-1-9(2-4-11)10-5-7-13-8-6-10;8-7(9)6-4-2-1-3-5-6/h1-8,14-15H;1-5,8-9H. The van der Waals surface area contributed by atoms with Gasteiger partial charge in [-0.05, 0) is 34.2 Å². The summed E-state index contributed by atoms with van der Waals surface area (Å²) in [6, 6.07) is 19.6. The van der Waals surface area contributed by atoms with Crippen LogP contribution in [0.2, 0.25) is 0 Å². The molecule has 1 aromatic heterocycles. The van der Waals surface area contributed by atoms with E-state index in [-0.39, 0.29) is 0 Å². The number of hydrogen-bond acceptors (Lipinski definition) is 5. The van der Waals surface area contributed by atoms with Crippen molar-refractivity contribution in [1.29, 1.82) is 0 Å². The normalized spacial score (nSPS) is 9.67. The van der Waals surface area contributed by atoms with Crippen LogP contribution in [0.25, 0.3) is 11.1 Å². The summed E-state index contributed by atoms with van der Waals surface area (Å²) in [6.45, 7) is 0. The van der Waals surface area contributed by atoms with Crippen molar-refractivity contribution in [3.8, 4) is 11.1 Å². The zero-order chi connectivity index (χ0) is 17.4. The fourth-order valence-electron chi connectivity index (χ4n) is 2.02. The molecule has 0 unspecified atom stereocenters. The molecule has 0 spiro atoms. The molecule has 3 rings (SSSR count). The summed E-state index contributed by atoms with van der Waals surface area (Å²) in [5, 5.41) is 35.0. The van der Waals surface area contributed by atoms with Crippen molar-refractivity contribution < 1.29 is 20.1 Å². The first kappa shape index (κ1) is 17.9. The summed E-state index contributed by atoms with van der Waals surface area (Å²) in [5.74, 6) is 0. The largest absolute Gasteiger partial charge is 0.488 e. The van der Waals surface area contributed by atoms with E-state index in [9.17, 15) is 0 Å². The van der Waals surface area contributed by atoms with Crippen LogP contribution in [0.15, 0.2) is 79.1 Å². The van der Waals surface area contributed by atoms with E-state index in [0.717, 1.165) is 11.1 Å². The molecule has 4 N–H and O–H groups in total. The van der Waals surface area contributed by atoms with Crippen LogP contribution in [-0.4, -0.2) is 39.3 Å². The monoisotopic (exact) mass is 321 g/mol. The highest BCUT2D eigenvalue weighted by atomic mass is 16.4. The molecule has 24 heavy (non-hydrogen) atoms. The second kappa shape index (κ2) is 9.00. The maximum absolute atomic E-state index is 8.93. The number of rotatable bonds is 3. The molecule has 0 saturated carbocycles. The molecule has 0 radical (unpaired) electrons. The molecule has 120 valence electrons. The van der Waals surface area contributed by atoms with Gasteiger partial charge in [0.1, 0.15) is 0 Å². The van der Waals surface area contributed by atoms with Crippen LogP contribution < -0.4 is 10.9 Å². The van der Waals surface area contributed by atoms with Gasteiger partial charge in [-0.1, -0.05) is 54.6 Å². The van der Waals surface area contributed by atoms with Crippen molar-refractivity contribution in [2.24, 2.45) is 0 Å². The van der Waals surface area contributed by atoms with E-state index in [2.05, 4.69) is 4.98 Å². The number of nitrogens with zero attached hydrogens (tertiary/aromatic N) is 1. The molecule has 0 bridgehead atoms. The van der Waals surface area contributed by atoms with Crippen LogP contribution in [0.5, 0.6) is 0 Å². The first-order valence-corrected chi connectivity index (χ1v) is 7.35. The Kier molecular flexibility index (Phi) is 6.72. The minimum Gasteiger partial charge on any atom is -0.423 e. The molecule has 0 aliphatic carbocycles. The lowest BCUT2D eigenvalue weighted by atomic mass is 9.80. The van der Waals surface area contributed by atoms with Gasteiger partial charge in [0.25, 0.3) is 0 Å². The molecule has 0 saturated heterocycles. The third-order valence-electron chi connectivity index (χ3n) is 3.32. The fourth-order valence-corrected chi connectivity index (χ4v) is 2.02. The van der Waals surface area contributed by atoms with Gasteiger partial charge in [0, 0.05) is 12.4 Å². The van der Waals surface area contributed by atoms with Crippen LogP contribution >= 0.6 is 0 Å². The van der Waals surface area contributed by atoms with Crippen LogP contribution in [0, 0.1) is 0 Å². The van der Waals surface area contributed by atoms with E-state index in [1.807, 2.05) is 30.3 Å². The average Bonchev–Trinajstić information content (AvgIpc) is 2.64. The third-order valence-corrected chi connectivity index (χ3v) is 3.32. The first-order chi connectivity index (χ1) is 11.6. The number of hydrogen-bond donors (Lipinski definition) is 4. The van der Waals surface area contributed by atoms with Gasteiger partial charge < -0.3 is 20.1 Å². The van der Waals surface area contributed by atoms with E-state index in [0.29, 0.717) is 10.9 Å². The molecule has 0 aliphatic heterocycles. The first-order valence-electron chi connectivity index (χ1n) is 7.35. The zero-order valence-corrected chi connectivity index (χ0v) is 12.9. The molecule has 0 amide bonds. The SMILES string of the molecule is OB(O)c1ccc(-c2ccncc2)cc1.OB(O)c1ccccc1. The predicted molar refractivity (Wildman–Crippen MR) is 95.8 cm³/mol. The molecule has 0 atom stereocenters. The van der Waals surface area contributed by atoms with Gasteiger partial charge in [0.2, 0.25) is 0 Å². The fraction of sp³-hybridized carbons (Fsp3) is 0. The summed E-state index contributed by atoms with van der Waals surface area (Å²) in [7, 11) is -2.75. The minimum atomic E-state index is -1.41. The van der Waals surface area contributed by atoms with E-state index in [4.69, 9.17) is 20.1 Å². The van der Waals surface area contributed by atoms with Gasteiger partial charge in [-0.3, -0.25) is 4.98 Å². The summed E-state index contributed by atoms with van der Waals surface area (Å²) < 4.78 is 0. The Morgan fingerprint density at radius 1 is 0.542 bits per heavy atom. The lowest BCUT2D eigenvalue weighted by Gasteiger charge is -2.03. The summed E-state index contributed by atoms with van der Waals surface area (Å²) in [5.41, 5.74) is 3.11. The Morgan fingerprint density at radius 3 is 1.46 bits per heavy atom. The van der Waals surface area contributed by atoms with Crippen LogP contribution in [0.4, 0.5) is 0 Å². The van der Waals surface area contributed by atoms with Crippen molar-refractivity contribution in [3.05, 3.63) is 79.1 Å². The maximum atomic E-state index is 8.93. The van der Waals surface area contributed by atoms with E-state index in [1.54, 1.807) is 48.8 Å². The van der Waals surface area contributed by atoms with Crippen molar-refractivity contribution in [1.82, 2.24) is 4.98 Å². The Labute approximate surface area is 141 Å². The van der Waals surface area contributed by atoms with Crippen LogP contribution in [0.3, 0.4) is 0 Å². The maximum Gasteiger partial charge on any atom is 0.488 e. The minimum absolute atomic E-state index is 0.493. The predicted octanol–water partition coefficient (Wildman–Crippen LogP) is -0.205. The number of aromatic nitrogens is 1. The lowest BCUT2D eigenvalue weighted by Crippen LogP contribution is -2.29. The Morgan fingerprint density at radius 2 is 1.00 bits per heavy atom. The van der Waals surface area contributed by atoms with Crippen LogP contribution in [0.1, 0.15) is 0 Å². The molecular weight excluding hydrogens is 304 g/mol. The van der Waals surface area contributed by atoms with Crippen molar-refractivity contribution >= 4 is 25.2 Å². The molecule has 3 aromatic rings. The van der Waals surface area contributed by atoms with Crippen LogP contribution in [-0.2, 0) is 0 Å². The Hall–Kier alpha value is -2.44. The van der Waals surface area contributed by atoms with E-state index in [1.165, 1.54) is 0 Å². The molecule has 5 nitrogen and oxygen atoms in total. The number of pyridine rings is 1. The summed E-state index contributed by atoms with van der Waals surface area (Å²) in [4.78, 5) is 3.94. The molecule has 2 aromatic carbocycles. The number of benzene rings is 2. The smallest absolute Gasteiger partial charge is 0.423 e. The molecular formula is C17H17B2NO4. The topological polar surface area (TPSA) is 93.8 Å². The molecule has 1 heterocycles. The average molecular weight is 321 g/mol. The lowest BCUT2D eigenvalue weighted by molar-refractivity contribution is 0.424. The second-order valence-electron chi connectivity index (χ2n) is 5.02. The van der Waals surface area contributed by atoms with Gasteiger partial charge in [0.05, 0.1) is 0 Å². The van der Waals surface area contributed by atoms with Gasteiger partial charge >= 0.3 is 14.2 Å². The Bertz CT molecular complexity index is 723. The highest BCUT2D eigenvalue weighted by molar-refractivity contribution is 6.58.